The van der Waals surface area contributed by atoms with Gasteiger partial charge >= 0.3 is 0 Å². The van der Waals surface area contributed by atoms with E-state index in [1.54, 1.807) is 17.0 Å². The zero-order valence-electron chi connectivity index (χ0n) is 14.1. The van der Waals surface area contributed by atoms with Crippen molar-refractivity contribution >= 4 is 5.91 Å². The molecule has 1 aromatic carbocycles. The van der Waals surface area contributed by atoms with Gasteiger partial charge in [-0.05, 0) is 37.6 Å². The molecule has 6 heteroatoms. The van der Waals surface area contributed by atoms with Gasteiger partial charge in [-0.2, -0.15) is 0 Å². The Morgan fingerprint density at radius 3 is 2.92 bits per heavy atom. The molecule has 1 aliphatic rings. The fourth-order valence-electron chi connectivity index (χ4n) is 2.93. The van der Waals surface area contributed by atoms with Crippen molar-refractivity contribution < 1.29 is 19.0 Å². The smallest absolute Gasteiger partial charge is 0.228 e. The number of carbonyl (C=O) groups is 1. The number of rotatable bonds is 5. The summed E-state index contributed by atoms with van der Waals surface area (Å²) < 4.78 is 18.7. The predicted molar refractivity (Wildman–Crippen MR) is 90.7 cm³/mol. The lowest BCUT2D eigenvalue weighted by Gasteiger charge is -2.23. The van der Waals surface area contributed by atoms with E-state index >= 15 is 0 Å². The van der Waals surface area contributed by atoms with E-state index < -0.39 is 11.4 Å². The van der Waals surface area contributed by atoms with Gasteiger partial charge < -0.3 is 14.7 Å². The molecule has 1 aromatic heterocycles. The fourth-order valence-corrected chi connectivity index (χ4v) is 2.93. The van der Waals surface area contributed by atoms with Gasteiger partial charge in [-0.1, -0.05) is 12.1 Å². The zero-order valence-corrected chi connectivity index (χ0v) is 14.1. The number of carbonyl (C=O) groups excluding carboxylic acids is 1. The summed E-state index contributed by atoms with van der Waals surface area (Å²) in [6.07, 6.45) is 0.637. The van der Waals surface area contributed by atoms with E-state index in [1.807, 2.05) is 25.1 Å². The van der Waals surface area contributed by atoms with Gasteiger partial charge in [0.25, 0.3) is 0 Å². The van der Waals surface area contributed by atoms with Crippen LogP contribution in [0.1, 0.15) is 17.8 Å². The van der Waals surface area contributed by atoms with Crippen LogP contribution in [0.5, 0.6) is 5.75 Å². The third-order valence-corrected chi connectivity index (χ3v) is 4.27. The minimum Gasteiger partial charge on any atom is -0.490 e. The Morgan fingerprint density at radius 2 is 2.16 bits per heavy atom. The number of pyridine rings is 1. The number of benzene rings is 1. The number of hydrogen-bond donors (Lipinski definition) is 1. The van der Waals surface area contributed by atoms with Crippen molar-refractivity contribution in [2.45, 2.75) is 25.4 Å². The molecule has 1 atom stereocenters. The maximum absolute atomic E-state index is 13.2. The topological polar surface area (TPSA) is 62.7 Å². The largest absolute Gasteiger partial charge is 0.490 e. The van der Waals surface area contributed by atoms with E-state index in [9.17, 15) is 14.3 Å². The van der Waals surface area contributed by atoms with Crippen LogP contribution in [0.2, 0.25) is 0 Å². The molecule has 0 spiro atoms. The summed E-state index contributed by atoms with van der Waals surface area (Å²) in [4.78, 5) is 18.4. The Kier molecular flexibility index (Phi) is 4.99. The number of nitrogens with zero attached hydrogens (tertiary/aromatic N) is 2. The van der Waals surface area contributed by atoms with Crippen LogP contribution >= 0.6 is 0 Å². The summed E-state index contributed by atoms with van der Waals surface area (Å²) in [5, 5.41) is 10.6. The van der Waals surface area contributed by atoms with Crippen LogP contribution in [0.25, 0.3) is 0 Å². The molecule has 2 heterocycles. The highest BCUT2D eigenvalue weighted by Crippen LogP contribution is 2.24. The average Bonchev–Trinajstić information content (AvgIpc) is 2.96. The Bertz CT molecular complexity index is 768. The number of β-amino-alcohol motifs (C(OH)–C–C–N with tert-alkyl or cyclic N) is 1. The highest BCUT2D eigenvalue weighted by molar-refractivity contribution is 5.78. The Hall–Kier alpha value is -2.47. The predicted octanol–water partition coefficient (Wildman–Crippen LogP) is 2.11. The van der Waals surface area contributed by atoms with Gasteiger partial charge in [-0.15, -0.1) is 0 Å². The minimum atomic E-state index is -1.12. The van der Waals surface area contributed by atoms with Crippen LogP contribution in [-0.4, -0.2) is 46.2 Å². The monoisotopic (exact) mass is 344 g/mol. The molecule has 0 bridgehead atoms. The lowest BCUT2D eigenvalue weighted by molar-refractivity contribution is -0.130. The zero-order chi connectivity index (χ0) is 17.9. The molecule has 1 aliphatic heterocycles. The Balaban J connectivity index is 1.55. The first-order chi connectivity index (χ1) is 11.9. The second-order valence-corrected chi connectivity index (χ2v) is 6.48. The second-order valence-electron chi connectivity index (χ2n) is 6.48. The molecule has 0 unspecified atom stereocenters. The van der Waals surface area contributed by atoms with Crippen molar-refractivity contribution in [3.05, 3.63) is 59.7 Å². The summed E-state index contributed by atoms with van der Waals surface area (Å²) in [6, 6.07) is 11.4. The van der Waals surface area contributed by atoms with Crippen LogP contribution in [0, 0.1) is 12.7 Å². The quantitative estimate of drug-likeness (QED) is 0.902. The summed E-state index contributed by atoms with van der Waals surface area (Å²) in [5.41, 5.74) is 0.463. The minimum absolute atomic E-state index is 0.0168. The third kappa shape index (κ3) is 4.54. The second kappa shape index (κ2) is 7.19. The standard InChI is InChI=1S/C19H21FN2O3/c1-14-4-2-6-16(21-14)11-18(23)22-9-8-19(24,12-22)13-25-17-7-3-5-15(20)10-17/h2-7,10,24H,8-9,11-13H2,1H3/t19-/m1/s1. The van der Waals surface area contributed by atoms with Crippen LogP contribution in [0.4, 0.5) is 4.39 Å². The maximum atomic E-state index is 13.2. The van der Waals surface area contributed by atoms with Crippen molar-refractivity contribution in [1.82, 2.24) is 9.88 Å². The van der Waals surface area contributed by atoms with Gasteiger partial charge in [-0.25, -0.2) is 4.39 Å². The van der Waals surface area contributed by atoms with Crippen molar-refractivity contribution in [2.75, 3.05) is 19.7 Å². The SMILES string of the molecule is Cc1cccc(CC(=O)N2CC[C@](O)(COc3cccc(F)c3)C2)n1. The summed E-state index contributed by atoms with van der Waals surface area (Å²) in [6.45, 7) is 2.57. The molecule has 25 heavy (non-hydrogen) atoms. The first-order valence-corrected chi connectivity index (χ1v) is 8.25. The highest BCUT2D eigenvalue weighted by Gasteiger charge is 2.39. The van der Waals surface area contributed by atoms with Crippen LogP contribution < -0.4 is 4.74 Å². The van der Waals surface area contributed by atoms with E-state index in [0.29, 0.717) is 18.7 Å². The molecule has 2 aromatic rings. The number of aliphatic hydroxyl groups is 1. The van der Waals surface area contributed by atoms with Crippen molar-refractivity contribution in [3.8, 4) is 5.75 Å². The normalized spacial score (nSPS) is 19.9. The number of halogens is 1. The van der Waals surface area contributed by atoms with E-state index in [4.69, 9.17) is 4.74 Å². The number of aromatic nitrogens is 1. The van der Waals surface area contributed by atoms with Crippen molar-refractivity contribution in [2.24, 2.45) is 0 Å². The Morgan fingerprint density at radius 1 is 1.36 bits per heavy atom. The lowest BCUT2D eigenvalue weighted by Crippen LogP contribution is -2.41. The molecule has 3 rings (SSSR count). The van der Waals surface area contributed by atoms with E-state index in [2.05, 4.69) is 4.98 Å². The molecule has 0 saturated carbocycles. The molecular weight excluding hydrogens is 323 g/mol. The van der Waals surface area contributed by atoms with Gasteiger partial charge in [0.05, 0.1) is 13.0 Å². The molecule has 5 nitrogen and oxygen atoms in total. The average molecular weight is 344 g/mol. The number of aryl methyl sites for hydroxylation is 1. The number of hydrogen-bond acceptors (Lipinski definition) is 4. The molecule has 0 radical (unpaired) electrons. The molecular formula is C19H21FN2O3. The lowest BCUT2D eigenvalue weighted by atomic mass is 10.1. The molecule has 0 aliphatic carbocycles. The molecule has 1 saturated heterocycles. The summed E-state index contributed by atoms with van der Waals surface area (Å²) in [5.74, 6) is -0.0969. The molecule has 132 valence electrons. The first-order valence-electron chi connectivity index (χ1n) is 8.25. The van der Waals surface area contributed by atoms with Crippen LogP contribution in [-0.2, 0) is 11.2 Å². The van der Waals surface area contributed by atoms with Gasteiger partial charge in [-0.3, -0.25) is 9.78 Å². The maximum Gasteiger partial charge on any atom is 0.228 e. The highest BCUT2D eigenvalue weighted by atomic mass is 19.1. The number of amides is 1. The van der Waals surface area contributed by atoms with E-state index in [1.165, 1.54) is 12.1 Å². The summed E-state index contributed by atoms with van der Waals surface area (Å²) >= 11 is 0. The van der Waals surface area contributed by atoms with Crippen molar-refractivity contribution in [1.29, 1.82) is 0 Å². The van der Waals surface area contributed by atoms with Crippen LogP contribution in [0.15, 0.2) is 42.5 Å². The fraction of sp³-hybridized carbons (Fsp3) is 0.368. The van der Waals surface area contributed by atoms with Gasteiger partial charge in [0.15, 0.2) is 0 Å². The van der Waals surface area contributed by atoms with E-state index in [-0.39, 0.29) is 25.5 Å². The van der Waals surface area contributed by atoms with Crippen molar-refractivity contribution in [3.63, 3.8) is 0 Å². The van der Waals surface area contributed by atoms with Crippen LogP contribution in [0.3, 0.4) is 0 Å². The number of ether oxygens (including phenoxy) is 1. The molecule has 1 N–H and O–H groups in total. The van der Waals surface area contributed by atoms with Gasteiger partial charge in [0, 0.05) is 24.0 Å². The first kappa shape index (κ1) is 17.4. The molecule has 1 amide bonds. The van der Waals surface area contributed by atoms with Gasteiger partial charge in [0.2, 0.25) is 5.91 Å². The molecule has 1 fully saturated rings. The van der Waals surface area contributed by atoms with E-state index in [0.717, 1.165) is 11.4 Å². The third-order valence-electron chi connectivity index (χ3n) is 4.27. The van der Waals surface area contributed by atoms with Gasteiger partial charge in [0.1, 0.15) is 23.8 Å². The number of likely N-dealkylation sites (tertiary alicyclic amines) is 1. The summed E-state index contributed by atoms with van der Waals surface area (Å²) in [7, 11) is 0. The Labute approximate surface area is 146 Å².